The molecule has 5 heteroatoms. The van der Waals surface area contributed by atoms with E-state index >= 15 is 0 Å². The fourth-order valence-corrected chi connectivity index (χ4v) is 4.12. The SMILES string of the molecule is O=C(Nc1cc(Cl)ccc1O)c1ccc(-n2c(-c3ccccc3)ccc2-c2ccccc2)cc1. The predicted molar refractivity (Wildman–Crippen MR) is 138 cm³/mol. The first-order valence-electron chi connectivity index (χ1n) is 10.8. The molecule has 1 amide bonds. The maximum Gasteiger partial charge on any atom is 0.255 e. The van der Waals surface area contributed by atoms with Crippen LogP contribution in [0.15, 0.2) is 115 Å². The van der Waals surface area contributed by atoms with Gasteiger partial charge in [0.15, 0.2) is 0 Å². The summed E-state index contributed by atoms with van der Waals surface area (Å²) in [6.45, 7) is 0. The molecule has 0 saturated carbocycles. The topological polar surface area (TPSA) is 54.3 Å². The van der Waals surface area contributed by atoms with Gasteiger partial charge in [-0.15, -0.1) is 0 Å². The van der Waals surface area contributed by atoms with Crippen LogP contribution >= 0.6 is 11.6 Å². The monoisotopic (exact) mass is 464 g/mol. The van der Waals surface area contributed by atoms with Crippen LogP contribution in [0.25, 0.3) is 28.2 Å². The van der Waals surface area contributed by atoms with Gasteiger partial charge >= 0.3 is 0 Å². The van der Waals surface area contributed by atoms with Crippen LogP contribution in [0.2, 0.25) is 5.02 Å². The third kappa shape index (κ3) is 4.32. The highest BCUT2D eigenvalue weighted by Gasteiger charge is 2.15. The molecule has 0 aliphatic rings. The van der Waals surface area contributed by atoms with Crippen molar-refractivity contribution in [2.24, 2.45) is 0 Å². The van der Waals surface area contributed by atoms with E-state index in [9.17, 15) is 9.90 Å². The van der Waals surface area contributed by atoms with Crippen LogP contribution in [0.5, 0.6) is 5.75 Å². The summed E-state index contributed by atoms with van der Waals surface area (Å²) in [6, 6.07) is 36.6. The van der Waals surface area contributed by atoms with Crippen molar-refractivity contribution in [3.63, 3.8) is 0 Å². The summed E-state index contributed by atoms with van der Waals surface area (Å²) >= 11 is 5.99. The quantitative estimate of drug-likeness (QED) is 0.266. The van der Waals surface area contributed by atoms with E-state index in [-0.39, 0.29) is 17.3 Å². The fraction of sp³-hybridized carbons (Fsp3) is 0. The Balaban J connectivity index is 1.52. The highest BCUT2D eigenvalue weighted by molar-refractivity contribution is 6.31. The lowest BCUT2D eigenvalue weighted by Crippen LogP contribution is -2.12. The summed E-state index contributed by atoms with van der Waals surface area (Å²) < 4.78 is 2.19. The number of carbonyl (C=O) groups excluding carboxylic acids is 1. The van der Waals surface area contributed by atoms with E-state index in [1.165, 1.54) is 12.1 Å². The van der Waals surface area contributed by atoms with Crippen LogP contribution in [-0.4, -0.2) is 15.6 Å². The van der Waals surface area contributed by atoms with Gasteiger partial charge in [0.1, 0.15) is 5.75 Å². The van der Waals surface area contributed by atoms with Gasteiger partial charge in [0.05, 0.1) is 17.1 Å². The maximum absolute atomic E-state index is 12.8. The number of anilines is 1. The van der Waals surface area contributed by atoms with Crippen LogP contribution in [-0.2, 0) is 0 Å². The van der Waals surface area contributed by atoms with Gasteiger partial charge < -0.3 is 15.0 Å². The standard InChI is InChI=1S/C29H21ClN2O2/c30-23-13-18-28(33)25(19-23)31-29(34)22-11-14-24(15-12-22)32-26(20-7-3-1-4-8-20)16-17-27(32)21-9-5-2-6-10-21/h1-19,33H,(H,31,34). The molecular weight excluding hydrogens is 444 g/mol. The molecule has 5 rings (SSSR count). The van der Waals surface area contributed by atoms with Crippen molar-refractivity contribution in [1.29, 1.82) is 0 Å². The first-order chi connectivity index (χ1) is 16.6. The molecule has 2 N–H and O–H groups in total. The largest absolute Gasteiger partial charge is 0.506 e. The van der Waals surface area contributed by atoms with Crippen molar-refractivity contribution < 1.29 is 9.90 Å². The molecule has 1 heterocycles. The Labute approximate surface area is 202 Å². The Kier molecular flexibility index (Phi) is 5.90. The highest BCUT2D eigenvalue weighted by Crippen LogP contribution is 2.33. The number of rotatable bonds is 5. The zero-order valence-corrected chi connectivity index (χ0v) is 18.9. The summed E-state index contributed by atoms with van der Waals surface area (Å²) in [7, 11) is 0. The van der Waals surface area contributed by atoms with Crippen molar-refractivity contribution in [3.05, 3.63) is 126 Å². The minimum Gasteiger partial charge on any atom is -0.506 e. The molecule has 0 spiro atoms. The van der Waals surface area contributed by atoms with Crippen LogP contribution in [0, 0.1) is 0 Å². The molecule has 166 valence electrons. The summed E-state index contributed by atoms with van der Waals surface area (Å²) in [5.41, 5.74) is 5.99. The lowest BCUT2D eigenvalue weighted by atomic mass is 10.1. The average molecular weight is 465 g/mol. The predicted octanol–water partition coefficient (Wildman–Crippen LogP) is 7.42. The zero-order valence-electron chi connectivity index (χ0n) is 18.2. The van der Waals surface area contributed by atoms with Gasteiger partial charge in [0.2, 0.25) is 0 Å². The van der Waals surface area contributed by atoms with E-state index in [0.29, 0.717) is 10.6 Å². The van der Waals surface area contributed by atoms with Gasteiger partial charge in [-0.2, -0.15) is 0 Å². The molecule has 0 aliphatic heterocycles. The molecule has 1 aromatic heterocycles. The van der Waals surface area contributed by atoms with Crippen LogP contribution in [0.3, 0.4) is 0 Å². The molecule has 5 aromatic rings. The lowest BCUT2D eigenvalue weighted by Gasteiger charge is -2.15. The third-order valence-corrected chi connectivity index (χ3v) is 5.85. The molecule has 4 aromatic carbocycles. The van der Waals surface area contributed by atoms with E-state index in [4.69, 9.17) is 11.6 Å². The van der Waals surface area contributed by atoms with Crippen LogP contribution in [0.1, 0.15) is 10.4 Å². The van der Waals surface area contributed by atoms with Crippen LogP contribution < -0.4 is 5.32 Å². The second kappa shape index (κ2) is 9.30. The molecular formula is C29H21ClN2O2. The minimum absolute atomic E-state index is 0.0401. The number of amides is 1. The summed E-state index contributed by atoms with van der Waals surface area (Å²) in [4.78, 5) is 12.8. The Hall–Kier alpha value is -4.28. The third-order valence-electron chi connectivity index (χ3n) is 5.61. The summed E-state index contributed by atoms with van der Waals surface area (Å²) in [5.74, 6) is -0.370. The molecule has 0 bridgehead atoms. The smallest absolute Gasteiger partial charge is 0.255 e. The normalized spacial score (nSPS) is 10.7. The Morgan fingerprint density at radius 1 is 0.706 bits per heavy atom. The molecule has 0 aliphatic carbocycles. The lowest BCUT2D eigenvalue weighted by molar-refractivity contribution is 0.102. The highest BCUT2D eigenvalue weighted by atomic mass is 35.5. The fourth-order valence-electron chi connectivity index (χ4n) is 3.95. The van der Waals surface area contributed by atoms with Gasteiger partial charge in [-0.25, -0.2) is 0 Å². The minimum atomic E-state index is -0.330. The number of aromatic hydroxyl groups is 1. The molecule has 0 unspecified atom stereocenters. The zero-order chi connectivity index (χ0) is 23.5. The van der Waals surface area contributed by atoms with Crippen molar-refractivity contribution in [2.45, 2.75) is 0 Å². The number of benzene rings is 4. The van der Waals surface area contributed by atoms with Gasteiger partial charge in [-0.1, -0.05) is 72.3 Å². The van der Waals surface area contributed by atoms with Gasteiger partial charge in [0.25, 0.3) is 5.91 Å². The molecule has 0 saturated heterocycles. The van der Waals surface area contributed by atoms with E-state index in [1.807, 2.05) is 48.5 Å². The van der Waals surface area contributed by atoms with E-state index in [2.05, 4.69) is 46.3 Å². The molecule has 0 fully saturated rings. The Morgan fingerprint density at radius 2 is 1.26 bits per heavy atom. The van der Waals surface area contributed by atoms with Crippen molar-refractivity contribution in [2.75, 3.05) is 5.32 Å². The number of phenols is 1. The van der Waals surface area contributed by atoms with Crippen LogP contribution in [0.4, 0.5) is 5.69 Å². The van der Waals surface area contributed by atoms with Crippen molar-refractivity contribution >= 4 is 23.2 Å². The first-order valence-corrected chi connectivity index (χ1v) is 11.2. The van der Waals surface area contributed by atoms with Crippen molar-refractivity contribution in [1.82, 2.24) is 4.57 Å². The van der Waals surface area contributed by atoms with Gasteiger partial charge in [-0.05, 0) is 65.7 Å². The molecule has 4 nitrogen and oxygen atoms in total. The Morgan fingerprint density at radius 3 is 1.82 bits per heavy atom. The van der Waals surface area contributed by atoms with E-state index < -0.39 is 0 Å². The number of aromatic nitrogens is 1. The van der Waals surface area contributed by atoms with E-state index in [1.54, 1.807) is 18.2 Å². The average Bonchev–Trinajstić information content (AvgIpc) is 3.33. The number of hydrogen-bond acceptors (Lipinski definition) is 2. The number of nitrogens with zero attached hydrogens (tertiary/aromatic N) is 1. The second-order valence-electron chi connectivity index (χ2n) is 7.83. The van der Waals surface area contributed by atoms with E-state index in [0.717, 1.165) is 28.2 Å². The summed E-state index contributed by atoms with van der Waals surface area (Å²) in [6.07, 6.45) is 0. The number of halogens is 1. The molecule has 0 atom stereocenters. The maximum atomic E-state index is 12.8. The number of nitrogens with one attached hydrogen (secondary N) is 1. The number of hydrogen-bond donors (Lipinski definition) is 2. The van der Waals surface area contributed by atoms with Gasteiger partial charge in [-0.3, -0.25) is 4.79 Å². The molecule has 34 heavy (non-hydrogen) atoms. The summed E-state index contributed by atoms with van der Waals surface area (Å²) in [5, 5.41) is 13.1. The number of phenolic OH excluding ortho intramolecular Hbond substituents is 1. The first kappa shape index (κ1) is 21.6. The second-order valence-corrected chi connectivity index (χ2v) is 8.27. The Bertz CT molecular complexity index is 1390. The number of carbonyl (C=O) groups is 1. The van der Waals surface area contributed by atoms with Gasteiger partial charge in [0, 0.05) is 16.3 Å². The van der Waals surface area contributed by atoms with Crippen molar-refractivity contribution in [3.8, 4) is 34.0 Å². The molecule has 0 radical (unpaired) electrons.